The average Bonchev–Trinajstić information content (AvgIpc) is 3.41. The summed E-state index contributed by atoms with van der Waals surface area (Å²) in [4.78, 5) is 20.7. The average molecular weight is 427 g/mol. The number of rotatable bonds is 6. The maximum Gasteiger partial charge on any atom is 0.255 e. The predicted molar refractivity (Wildman–Crippen MR) is 114 cm³/mol. The molecule has 7 nitrogen and oxygen atoms in total. The van der Waals surface area contributed by atoms with Gasteiger partial charge in [0.05, 0.1) is 17.0 Å². The minimum absolute atomic E-state index is 0.0455. The van der Waals surface area contributed by atoms with E-state index in [1.807, 2.05) is 56.0 Å². The third kappa shape index (κ3) is 4.59. The van der Waals surface area contributed by atoms with Crippen LogP contribution in [0.1, 0.15) is 72.1 Å². The number of carbonyl (C=O) groups is 1. The molecule has 4 rings (SSSR count). The Bertz CT molecular complexity index is 1010. The summed E-state index contributed by atoms with van der Waals surface area (Å²) in [5, 5.41) is 8.09. The van der Waals surface area contributed by atoms with Crippen LogP contribution in [0.25, 0.3) is 0 Å². The maximum absolute atomic E-state index is 13.3. The Kier molecular flexibility index (Phi) is 6.22. The van der Waals surface area contributed by atoms with E-state index in [2.05, 4.69) is 15.3 Å². The van der Waals surface area contributed by atoms with Crippen LogP contribution in [0.5, 0.6) is 0 Å². The molecule has 158 valence electrons. The highest BCUT2D eigenvalue weighted by Crippen LogP contribution is 2.31. The van der Waals surface area contributed by atoms with E-state index in [-0.39, 0.29) is 17.7 Å². The lowest BCUT2D eigenvalue weighted by Gasteiger charge is -2.31. The molecule has 1 aliphatic rings. The van der Waals surface area contributed by atoms with Crippen molar-refractivity contribution in [1.82, 2.24) is 20.2 Å². The van der Waals surface area contributed by atoms with E-state index >= 15 is 0 Å². The molecule has 1 unspecified atom stereocenters. The van der Waals surface area contributed by atoms with Crippen LogP contribution >= 0.6 is 11.8 Å². The van der Waals surface area contributed by atoms with E-state index in [1.54, 1.807) is 11.8 Å². The van der Waals surface area contributed by atoms with Crippen LogP contribution in [0.4, 0.5) is 0 Å². The second-order valence-electron chi connectivity index (χ2n) is 7.96. The monoisotopic (exact) mass is 426 g/mol. The fraction of sp³-hybridized carbons (Fsp3) is 0.455. The molecule has 1 saturated heterocycles. The number of nitrogens with zero attached hydrogens (tertiary/aromatic N) is 4. The summed E-state index contributed by atoms with van der Waals surface area (Å²) in [6.07, 6.45) is 1.89. The van der Waals surface area contributed by atoms with Crippen molar-refractivity contribution >= 4 is 17.7 Å². The van der Waals surface area contributed by atoms with Crippen molar-refractivity contribution in [2.24, 2.45) is 0 Å². The largest absolute Gasteiger partial charge is 0.360 e. The minimum atomic E-state index is 0.0455. The smallest absolute Gasteiger partial charge is 0.255 e. The van der Waals surface area contributed by atoms with Gasteiger partial charge in [0.2, 0.25) is 5.89 Å². The van der Waals surface area contributed by atoms with Gasteiger partial charge >= 0.3 is 0 Å². The van der Waals surface area contributed by atoms with Gasteiger partial charge in [-0.05, 0) is 31.9 Å². The molecular formula is C22H26N4O3S. The van der Waals surface area contributed by atoms with Gasteiger partial charge in [0, 0.05) is 35.9 Å². The Labute approximate surface area is 180 Å². The highest BCUT2D eigenvalue weighted by Gasteiger charge is 2.29. The number of likely N-dealkylation sites (tertiary alicyclic amines) is 1. The van der Waals surface area contributed by atoms with Crippen molar-refractivity contribution in [3.63, 3.8) is 0 Å². The van der Waals surface area contributed by atoms with Crippen LogP contribution in [0.15, 0.2) is 44.3 Å². The standard InChI is InChI=1S/C22H26N4O3S/c1-14(2)21-23-20(25-29-21)16-7-6-10-26(12-16)22(27)18-8-4-5-9-19(18)30-13-17-11-15(3)24-28-17/h4-5,8-9,11,14,16H,6-7,10,12-13H2,1-3H3. The lowest BCUT2D eigenvalue weighted by atomic mass is 9.96. The molecule has 3 heterocycles. The lowest BCUT2D eigenvalue weighted by molar-refractivity contribution is 0.0700. The van der Waals surface area contributed by atoms with Crippen molar-refractivity contribution in [2.75, 3.05) is 13.1 Å². The van der Waals surface area contributed by atoms with Gasteiger partial charge < -0.3 is 13.9 Å². The maximum atomic E-state index is 13.3. The quantitative estimate of drug-likeness (QED) is 0.523. The molecule has 0 radical (unpaired) electrons. The van der Waals surface area contributed by atoms with Crippen molar-refractivity contribution in [1.29, 1.82) is 0 Å². The van der Waals surface area contributed by atoms with Crippen LogP contribution in [-0.2, 0) is 5.75 Å². The molecule has 0 saturated carbocycles. The van der Waals surface area contributed by atoms with Gasteiger partial charge in [0.15, 0.2) is 5.82 Å². The van der Waals surface area contributed by atoms with Crippen molar-refractivity contribution < 1.29 is 13.8 Å². The molecule has 1 amide bonds. The summed E-state index contributed by atoms with van der Waals surface area (Å²) in [5.41, 5.74) is 1.58. The highest BCUT2D eigenvalue weighted by molar-refractivity contribution is 7.98. The van der Waals surface area contributed by atoms with Crippen LogP contribution in [0, 0.1) is 6.92 Å². The molecule has 0 bridgehead atoms. The summed E-state index contributed by atoms with van der Waals surface area (Å²) in [7, 11) is 0. The summed E-state index contributed by atoms with van der Waals surface area (Å²) in [6.45, 7) is 7.31. The second-order valence-corrected chi connectivity index (χ2v) is 8.97. The van der Waals surface area contributed by atoms with E-state index in [9.17, 15) is 4.79 Å². The third-order valence-corrected chi connectivity index (χ3v) is 6.29. The van der Waals surface area contributed by atoms with Gasteiger partial charge in [-0.3, -0.25) is 4.79 Å². The van der Waals surface area contributed by atoms with Gasteiger partial charge in [-0.2, -0.15) is 4.98 Å². The van der Waals surface area contributed by atoms with Crippen molar-refractivity contribution in [3.05, 3.63) is 59.1 Å². The first-order valence-electron chi connectivity index (χ1n) is 10.3. The number of amides is 1. The number of benzene rings is 1. The highest BCUT2D eigenvalue weighted by atomic mass is 32.2. The van der Waals surface area contributed by atoms with E-state index in [0.717, 1.165) is 41.3 Å². The molecule has 1 atom stereocenters. The third-order valence-electron chi connectivity index (χ3n) is 5.19. The minimum Gasteiger partial charge on any atom is -0.360 e. The zero-order valence-corrected chi connectivity index (χ0v) is 18.3. The first-order chi connectivity index (χ1) is 14.5. The van der Waals surface area contributed by atoms with Crippen molar-refractivity contribution in [2.45, 2.75) is 56.1 Å². The number of carbonyl (C=O) groups excluding carboxylic acids is 1. The Morgan fingerprint density at radius 2 is 2.10 bits per heavy atom. The van der Waals surface area contributed by atoms with Gasteiger partial charge in [-0.15, -0.1) is 11.8 Å². The molecule has 0 aliphatic carbocycles. The Morgan fingerprint density at radius 1 is 1.27 bits per heavy atom. The SMILES string of the molecule is Cc1cc(CSc2ccccc2C(=O)N2CCCC(c3noc(C(C)C)n3)C2)on1. The van der Waals surface area contributed by atoms with E-state index < -0.39 is 0 Å². The number of hydrogen-bond acceptors (Lipinski definition) is 7. The van der Waals surface area contributed by atoms with E-state index in [4.69, 9.17) is 9.05 Å². The number of hydrogen-bond donors (Lipinski definition) is 0. The molecule has 8 heteroatoms. The Morgan fingerprint density at radius 3 is 2.83 bits per heavy atom. The van der Waals surface area contributed by atoms with Gasteiger partial charge in [0.1, 0.15) is 5.76 Å². The summed E-state index contributed by atoms with van der Waals surface area (Å²) in [5.74, 6) is 3.15. The molecule has 1 aromatic carbocycles. The van der Waals surface area contributed by atoms with Crippen LogP contribution in [0.2, 0.25) is 0 Å². The zero-order valence-electron chi connectivity index (χ0n) is 17.5. The first kappa shape index (κ1) is 20.7. The number of piperidine rings is 1. The predicted octanol–water partition coefficient (Wildman–Crippen LogP) is 4.80. The van der Waals surface area contributed by atoms with Crippen LogP contribution < -0.4 is 0 Å². The summed E-state index contributed by atoms with van der Waals surface area (Å²) in [6, 6.07) is 9.66. The molecule has 30 heavy (non-hydrogen) atoms. The molecule has 1 fully saturated rings. The van der Waals surface area contributed by atoms with Gasteiger partial charge in [-0.25, -0.2) is 0 Å². The number of thioether (sulfide) groups is 1. The number of aromatic nitrogens is 3. The number of aryl methyl sites for hydroxylation is 1. The topological polar surface area (TPSA) is 85.3 Å². The molecule has 0 N–H and O–H groups in total. The van der Waals surface area contributed by atoms with Gasteiger partial charge in [0.25, 0.3) is 5.91 Å². The summed E-state index contributed by atoms with van der Waals surface area (Å²) >= 11 is 1.59. The molecule has 0 spiro atoms. The normalized spacial score (nSPS) is 16.9. The lowest BCUT2D eigenvalue weighted by Crippen LogP contribution is -2.39. The summed E-state index contributed by atoms with van der Waals surface area (Å²) < 4.78 is 10.7. The zero-order chi connectivity index (χ0) is 21.1. The second kappa shape index (κ2) is 9.04. The Balaban J connectivity index is 1.47. The van der Waals surface area contributed by atoms with Crippen LogP contribution in [-0.4, -0.2) is 39.2 Å². The fourth-order valence-corrected chi connectivity index (χ4v) is 4.51. The Hall–Kier alpha value is -2.61. The molecule has 3 aromatic rings. The first-order valence-corrected chi connectivity index (χ1v) is 11.3. The van der Waals surface area contributed by atoms with Gasteiger partial charge in [-0.1, -0.05) is 36.3 Å². The van der Waals surface area contributed by atoms with Crippen LogP contribution in [0.3, 0.4) is 0 Å². The molecular weight excluding hydrogens is 400 g/mol. The van der Waals surface area contributed by atoms with E-state index in [0.29, 0.717) is 24.0 Å². The van der Waals surface area contributed by atoms with Crippen molar-refractivity contribution in [3.8, 4) is 0 Å². The van der Waals surface area contributed by atoms with E-state index in [1.165, 1.54) is 0 Å². The molecule has 2 aromatic heterocycles. The fourth-order valence-electron chi connectivity index (χ4n) is 3.59. The molecule has 1 aliphatic heterocycles.